The van der Waals surface area contributed by atoms with Crippen LogP contribution in [0.4, 0.5) is 15.3 Å². The van der Waals surface area contributed by atoms with Crippen LogP contribution in [-0.2, 0) is 4.74 Å². The van der Waals surface area contributed by atoms with E-state index in [1.54, 1.807) is 47.5 Å². The van der Waals surface area contributed by atoms with Gasteiger partial charge in [-0.15, -0.1) is 0 Å². The number of rotatable bonds is 3. The van der Waals surface area contributed by atoms with E-state index in [-0.39, 0.29) is 12.0 Å². The molecule has 3 amide bonds. The molecule has 2 aromatic carbocycles. The molecule has 0 saturated heterocycles. The molecule has 3 N–H and O–H groups in total. The van der Waals surface area contributed by atoms with Gasteiger partial charge in [-0.25, -0.2) is 15.0 Å². The van der Waals surface area contributed by atoms with E-state index in [1.165, 1.54) is 0 Å². The second kappa shape index (κ2) is 9.45. The first-order valence-electron chi connectivity index (χ1n) is 11.9. The van der Waals surface area contributed by atoms with Crippen molar-refractivity contribution in [3.63, 3.8) is 0 Å². The number of nitrogens with one attached hydrogen (secondary N) is 3. The van der Waals surface area contributed by atoms with Crippen molar-refractivity contribution in [1.82, 2.24) is 15.3 Å². The highest BCUT2D eigenvalue weighted by molar-refractivity contribution is 6.17. The van der Waals surface area contributed by atoms with Gasteiger partial charge in [0.1, 0.15) is 11.4 Å². The van der Waals surface area contributed by atoms with Gasteiger partial charge in [0.15, 0.2) is 0 Å². The Labute approximate surface area is 213 Å². The molecule has 10 heteroatoms. The molecule has 0 fully saturated rings. The summed E-state index contributed by atoms with van der Waals surface area (Å²) < 4.78 is 10.8. The molecule has 3 heterocycles. The molecule has 0 spiro atoms. The van der Waals surface area contributed by atoms with Crippen LogP contribution >= 0.6 is 0 Å². The highest BCUT2D eigenvalue weighted by Crippen LogP contribution is 2.34. The van der Waals surface area contributed by atoms with Crippen molar-refractivity contribution in [2.24, 2.45) is 5.10 Å². The Morgan fingerprint density at radius 2 is 1.92 bits per heavy atom. The number of ether oxygens (including phenoxy) is 2. The quantitative estimate of drug-likeness (QED) is 0.472. The highest BCUT2D eigenvalue weighted by atomic mass is 16.6. The SMILES string of the molecule is CC(C)(C)OC(=O)N1CC=C(c2[nH]c3cc(NC(=O)Oc4ccccc4)cc4c3c2C=NNC4=O)CC1. The average molecular weight is 502 g/mol. The summed E-state index contributed by atoms with van der Waals surface area (Å²) in [7, 11) is 0. The summed E-state index contributed by atoms with van der Waals surface area (Å²) >= 11 is 0. The van der Waals surface area contributed by atoms with Gasteiger partial charge in [0.25, 0.3) is 5.91 Å². The minimum atomic E-state index is -0.674. The highest BCUT2D eigenvalue weighted by Gasteiger charge is 2.27. The third kappa shape index (κ3) is 5.18. The number of hydrazone groups is 1. The average Bonchev–Trinajstić information content (AvgIpc) is 3.12. The lowest BCUT2D eigenvalue weighted by Gasteiger charge is -2.29. The lowest BCUT2D eigenvalue weighted by atomic mass is 9.98. The number of aromatic nitrogens is 1. The molecule has 1 aromatic heterocycles. The summed E-state index contributed by atoms with van der Waals surface area (Å²) in [5.74, 6) is 0.0128. The van der Waals surface area contributed by atoms with E-state index in [0.29, 0.717) is 47.4 Å². The molecular formula is C27H27N5O5. The Morgan fingerprint density at radius 1 is 1.14 bits per heavy atom. The van der Waals surface area contributed by atoms with E-state index in [2.05, 4.69) is 20.8 Å². The Kier molecular flexibility index (Phi) is 6.16. The maximum absolute atomic E-state index is 12.8. The lowest BCUT2D eigenvalue weighted by Crippen LogP contribution is -2.39. The van der Waals surface area contributed by atoms with Gasteiger partial charge in [-0.3, -0.25) is 10.1 Å². The number of aromatic amines is 1. The third-order valence-electron chi connectivity index (χ3n) is 5.92. The normalized spacial score (nSPS) is 15.1. The molecule has 3 aromatic rings. The molecule has 0 bridgehead atoms. The molecule has 0 unspecified atom stereocenters. The van der Waals surface area contributed by atoms with Crippen LogP contribution in [0.25, 0.3) is 16.5 Å². The minimum absolute atomic E-state index is 0.352. The monoisotopic (exact) mass is 501 g/mol. The lowest BCUT2D eigenvalue weighted by molar-refractivity contribution is 0.0270. The number of para-hydroxylation sites is 1. The van der Waals surface area contributed by atoms with Crippen LogP contribution in [0.2, 0.25) is 0 Å². The summed E-state index contributed by atoms with van der Waals surface area (Å²) in [6, 6.07) is 12.0. The van der Waals surface area contributed by atoms with E-state index in [4.69, 9.17) is 9.47 Å². The summed E-state index contributed by atoms with van der Waals surface area (Å²) in [5.41, 5.74) is 5.95. The van der Waals surface area contributed by atoms with Crippen molar-refractivity contribution in [1.29, 1.82) is 0 Å². The summed E-state index contributed by atoms with van der Waals surface area (Å²) in [5, 5.41) is 7.47. The predicted octanol–water partition coefficient (Wildman–Crippen LogP) is 4.88. The molecule has 2 aliphatic heterocycles. The topological polar surface area (TPSA) is 125 Å². The van der Waals surface area contributed by atoms with Gasteiger partial charge in [-0.05, 0) is 57.0 Å². The van der Waals surface area contributed by atoms with E-state index >= 15 is 0 Å². The molecule has 0 saturated carbocycles. The standard InChI is InChI=1S/C27H27N5O5/c1-27(2,3)37-26(35)32-11-9-16(10-12-32)23-20-15-28-31-24(33)19-13-17(14-21(30-23)22(19)20)29-25(34)36-18-7-5-4-6-8-18/h4-9,13-15,30H,10-12H2,1-3H3,(H,29,34)(H,31,33). The van der Waals surface area contributed by atoms with Gasteiger partial charge in [0.2, 0.25) is 0 Å². The van der Waals surface area contributed by atoms with E-state index in [0.717, 1.165) is 16.8 Å². The number of benzene rings is 2. The Balaban J connectivity index is 1.44. The number of amides is 3. The molecule has 2 aliphatic rings. The fourth-order valence-electron chi connectivity index (χ4n) is 4.33. The van der Waals surface area contributed by atoms with Crippen LogP contribution in [0.3, 0.4) is 0 Å². The maximum Gasteiger partial charge on any atom is 0.417 e. The molecule has 10 nitrogen and oxygen atoms in total. The fourth-order valence-corrected chi connectivity index (χ4v) is 4.33. The Bertz CT molecular complexity index is 1450. The predicted molar refractivity (Wildman–Crippen MR) is 140 cm³/mol. The summed E-state index contributed by atoms with van der Waals surface area (Å²) in [4.78, 5) is 42.7. The first-order chi connectivity index (χ1) is 17.7. The molecule has 0 radical (unpaired) electrons. The second-order valence-electron chi connectivity index (χ2n) is 9.79. The smallest absolute Gasteiger partial charge is 0.417 e. The van der Waals surface area contributed by atoms with Crippen molar-refractivity contribution >= 4 is 46.5 Å². The van der Waals surface area contributed by atoms with Crippen molar-refractivity contribution in [3.8, 4) is 5.75 Å². The van der Waals surface area contributed by atoms with Gasteiger partial charge in [0.05, 0.1) is 17.5 Å². The molecule has 37 heavy (non-hydrogen) atoms. The van der Waals surface area contributed by atoms with Gasteiger partial charge < -0.3 is 19.4 Å². The third-order valence-corrected chi connectivity index (χ3v) is 5.92. The van der Waals surface area contributed by atoms with Gasteiger partial charge in [-0.2, -0.15) is 5.10 Å². The van der Waals surface area contributed by atoms with E-state index < -0.39 is 11.7 Å². The zero-order valence-corrected chi connectivity index (χ0v) is 20.8. The van der Waals surface area contributed by atoms with Crippen LogP contribution < -0.4 is 15.5 Å². The first-order valence-corrected chi connectivity index (χ1v) is 11.9. The van der Waals surface area contributed by atoms with E-state index in [9.17, 15) is 14.4 Å². The number of hydrogen-bond acceptors (Lipinski definition) is 6. The number of nitrogens with zero attached hydrogens (tertiary/aromatic N) is 2. The largest absolute Gasteiger partial charge is 0.444 e. The Hall–Kier alpha value is -4.60. The van der Waals surface area contributed by atoms with Crippen molar-refractivity contribution in [3.05, 3.63) is 65.4 Å². The maximum atomic E-state index is 12.8. The number of H-pyrrole nitrogens is 1. The molecular weight excluding hydrogens is 474 g/mol. The van der Waals surface area contributed by atoms with Crippen molar-refractivity contribution < 1.29 is 23.9 Å². The molecule has 5 rings (SSSR count). The number of anilines is 1. The first kappa shape index (κ1) is 24.1. The number of carbonyl (C=O) groups excluding carboxylic acids is 3. The molecule has 190 valence electrons. The zero-order valence-electron chi connectivity index (χ0n) is 20.8. The van der Waals surface area contributed by atoms with Gasteiger partial charge in [-0.1, -0.05) is 24.3 Å². The van der Waals surface area contributed by atoms with Crippen LogP contribution in [0.1, 0.15) is 48.8 Å². The van der Waals surface area contributed by atoms with Gasteiger partial charge in [0, 0.05) is 35.2 Å². The zero-order chi connectivity index (χ0) is 26.2. The van der Waals surface area contributed by atoms with Crippen molar-refractivity contribution in [2.45, 2.75) is 32.8 Å². The number of hydrogen-bond donors (Lipinski definition) is 3. The Morgan fingerprint density at radius 3 is 2.62 bits per heavy atom. The second-order valence-corrected chi connectivity index (χ2v) is 9.79. The molecule has 0 atom stereocenters. The fraction of sp³-hybridized carbons (Fsp3) is 0.259. The van der Waals surface area contributed by atoms with Crippen LogP contribution in [0, 0.1) is 0 Å². The summed E-state index contributed by atoms with van der Waals surface area (Å²) in [6.07, 6.45) is 3.15. The minimum Gasteiger partial charge on any atom is -0.444 e. The van der Waals surface area contributed by atoms with Crippen LogP contribution in [0.15, 0.2) is 53.6 Å². The van der Waals surface area contributed by atoms with Gasteiger partial charge >= 0.3 is 12.2 Å². The molecule has 0 aliphatic carbocycles. The van der Waals surface area contributed by atoms with Crippen molar-refractivity contribution in [2.75, 3.05) is 18.4 Å². The number of carbonyl (C=O) groups is 3. The van der Waals surface area contributed by atoms with E-state index in [1.807, 2.05) is 32.9 Å². The van der Waals surface area contributed by atoms with Crippen LogP contribution in [0.5, 0.6) is 5.75 Å². The summed E-state index contributed by atoms with van der Waals surface area (Å²) in [6.45, 7) is 6.41. The van der Waals surface area contributed by atoms with Crippen LogP contribution in [-0.4, -0.2) is 52.9 Å².